The van der Waals surface area contributed by atoms with Crippen molar-refractivity contribution in [3.63, 3.8) is 0 Å². The maximum atomic E-state index is 12.2. The summed E-state index contributed by atoms with van der Waals surface area (Å²) in [6, 6.07) is 4.70. The lowest BCUT2D eigenvalue weighted by atomic mass is 10.2. The molecule has 2 aromatic rings. The molecule has 6 nitrogen and oxygen atoms in total. The highest BCUT2D eigenvalue weighted by Crippen LogP contribution is 2.27. The van der Waals surface area contributed by atoms with Gasteiger partial charge in [0, 0.05) is 5.56 Å². The fourth-order valence-corrected chi connectivity index (χ4v) is 2.93. The number of anilines is 1. The first kappa shape index (κ1) is 17.2. The summed E-state index contributed by atoms with van der Waals surface area (Å²) >= 11 is 7.07. The van der Waals surface area contributed by atoms with E-state index < -0.39 is 5.97 Å². The molecule has 1 amide bonds. The van der Waals surface area contributed by atoms with Crippen molar-refractivity contribution in [2.24, 2.45) is 0 Å². The number of aryl methyl sites for hydroxylation is 1. The van der Waals surface area contributed by atoms with E-state index in [-0.39, 0.29) is 12.5 Å². The highest BCUT2D eigenvalue weighted by molar-refractivity contribution is 7.17. The van der Waals surface area contributed by atoms with Gasteiger partial charge in [0.25, 0.3) is 5.91 Å². The molecule has 2 rings (SSSR count). The van der Waals surface area contributed by atoms with E-state index in [0.29, 0.717) is 32.0 Å². The van der Waals surface area contributed by atoms with Gasteiger partial charge in [-0.3, -0.25) is 10.1 Å². The molecule has 0 fully saturated rings. The Bertz CT molecular complexity index is 745. The number of nitrogens with one attached hydrogen (secondary N) is 1. The number of aromatic nitrogens is 1. The number of ether oxygens (including phenoxy) is 2. The van der Waals surface area contributed by atoms with Crippen LogP contribution in [0.3, 0.4) is 0 Å². The van der Waals surface area contributed by atoms with Crippen LogP contribution in [0.15, 0.2) is 18.2 Å². The zero-order chi connectivity index (χ0) is 17.0. The molecule has 0 aliphatic rings. The van der Waals surface area contributed by atoms with Crippen molar-refractivity contribution in [1.29, 1.82) is 0 Å². The highest BCUT2D eigenvalue weighted by Gasteiger charge is 2.18. The van der Waals surface area contributed by atoms with Crippen LogP contribution in [-0.4, -0.2) is 30.6 Å². The average molecular weight is 355 g/mol. The molecule has 1 aromatic heterocycles. The van der Waals surface area contributed by atoms with Gasteiger partial charge < -0.3 is 9.47 Å². The summed E-state index contributed by atoms with van der Waals surface area (Å²) < 4.78 is 9.98. The Morgan fingerprint density at radius 3 is 2.74 bits per heavy atom. The van der Waals surface area contributed by atoms with Crippen LogP contribution in [0.5, 0.6) is 5.75 Å². The topological polar surface area (TPSA) is 77.5 Å². The van der Waals surface area contributed by atoms with Gasteiger partial charge >= 0.3 is 5.97 Å². The van der Waals surface area contributed by atoms with Gasteiger partial charge in [-0.2, -0.15) is 0 Å². The van der Waals surface area contributed by atoms with Crippen LogP contribution < -0.4 is 10.1 Å². The molecule has 0 spiro atoms. The third kappa shape index (κ3) is 4.00. The summed E-state index contributed by atoms with van der Waals surface area (Å²) in [7, 11) is 1.50. The molecule has 122 valence electrons. The molecule has 0 aliphatic heterocycles. The number of hydrogen-bond acceptors (Lipinski definition) is 6. The first-order chi connectivity index (χ1) is 11.0. The van der Waals surface area contributed by atoms with Crippen LogP contribution in [-0.2, 0) is 4.74 Å². The SMILES string of the molecule is CCOC(=O)c1sc(NC(=O)c2ccc(OC)c(Cl)c2)nc1C. The Labute approximate surface area is 142 Å². The number of hydrogen-bond donors (Lipinski definition) is 1. The number of amides is 1. The minimum Gasteiger partial charge on any atom is -0.495 e. The van der Waals surface area contributed by atoms with Crippen molar-refractivity contribution < 1.29 is 19.1 Å². The average Bonchev–Trinajstić information content (AvgIpc) is 2.88. The maximum absolute atomic E-state index is 12.2. The lowest BCUT2D eigenvalue weighted by molar-refractivity contribution is 0.0531. The summed E-state index contributed by atoms with van der Waals surface area (Å²) in [4.78, 5) is 28.5. The van der Waals surface area contributed by atoms with Crippen LogP contribution in [0.1, 0.15) is 32.6 Å². The molecule has 1 N–H and O–H groups in total. The van der Waals surface area contributed by atoms with Crippen LogP contribution in [0, 0.1) is 6.92 Å². The second-order valence-corrected chi connectivity index (χ2v) is 5.86. The van der Waals surface area contributed by atoms with Crippen molar-refractivity contribution in [3.8, 4) is 5.75 Å². The van der Waals surface area contributed by atoms with E-state index in [4.69, 9.17) is 21.1 Å². The molecule has 23 heavy (non-hydrogen) atoms. The van der Waals surface area contributed by atoms with E-state index in [1.165, 1.54) is 13.2 Å². The van der Waals surface area contributed by atoms with E-state index >= 15 is 0 Å². The van der Waals surface area contributed by atoms with Crippen molar-refractivity contribution in [1.82, 2.24) is 4.98 Å². The Balaban J connectivity index is 2.16. The van der Waals surface area contributed by atoms with E-state index in [1.54, 1.807) is 26.0 Å². The van der Waals surface area contributed by atoms with Crippen LogP contribution in [0.2, 0.25) is 5.02 Å². The third-order valence-corrected chi connectivity index (χ3v) is 4.24. The van der Waals surface area contributed by atoms with E-state index in [9.17, 15) is 9.59 Å². The summed E-state index contributed by atoms with van der Waals surface area (Å²) in [5, 5.41) is 3.30. The fraction of sp³-hybridized carbons (Fsp3) is 0.267. The van der Waals surface area contributed by atoms with Gasteiger partial charge in [-0.15, -0.1) is 0 Å². The summed E-state index contributed by atoms with van der Waals surface area (Å²) in [6.07, 6.45) is 0. The molecule has 0 atom stereocenters. The van der Waals surface area contributed by atoms with Crippen molar-refractivity contribution in [2.75, 3.05) is 19.0 Å². The summed E-state index contributed by atoms with van der Waals surface area (Å²) in [6.45, 7) is 3.69. The van der Waals surface area contributed by atoms with Gasteiger partial charge in [0.15, 0.2) is 5.13 Å². The molecular formula is C15H15ClN2O4S. The molecule has 0 radical (unpaired) electrons. The minimum atomic E-state index is -0.449. The fourth-order valence-electron chi connectivity index (χ4n) is 1.81. The van der Waals surface area contributed by atoms with Gasteiger partial charge in [-0.05, 0) is 32.0 Å². The molecule has 1 aromatic carbocycles. The molecule has 0 aliphatic carbocycles. The summed E-state index contributed by atoms with van der Waals surface area (Å²) in [5.41, 5.74) is 0.873. The predicted octanol–water partition coefficient (Wildman–Crippen LogP) is 3.54. The smallest absolute Gasteiger partial charge is 0.350 e. The minimum absolute atomic E-state index is 0.280. The van der Waals surface area contributed by atoms with Crippen LogP contribution in [0.25, 0.3) is 0 Å². The number of rotatable bonds is 5. The quantitative estimate of drug-likeness (QED) is 0.831. The number of thiazole rings is 1. The molecule has 0 saturated carbocycles. The van der Waals surface area contributed by atoms with Crippen molar-refractivity contribution in [2.45, 2.75) is 13.8 Å². The van der Waals surface area contributed by atoms with E-state index in [2.05, 4.69) is 10.3 Å². The monoisotopic (exact) mass is 354 g/mol. The van der Waals surface area contributed by atoms with E-state index in [0.717, 1.165) is 11.3 Å². The maximum Gasteiger partial charge on any atom is 0.350 e. The zero-order valence-electron chi connectivity index (χ0n) is 12.8. The second kappa shape index (κ2) is 7.43. The molecule has 0 saturated heterocycles. The van der Waals surface area contributed by atoms with Gasteiger partial charge in [-0.1, -0.05) is 22.9 Å². The first-order valence-electron chi connectivity index (χ1n) is 6.75. The van der Waals surface area contributed by atoms with E-state index in [1.807, 2.05) is 0 Å². The lowest BCUT2D eigenvalue weighted by Crippen LogP contribution is -2.11. The van der Waals surface area contributed by atoms with Crippen molar-refractivity contribution in [3.05, 3.63) is 39.4 Å². The predicted molar refractivity (Wildman–Crippen MR) is 88.8 cm³/mol. The number of methoxy groups -OCH3 is 1. The number of halogens is 1. The first-order valence-corrected chi connectivity index (χ1v) is 7.95. The Kier molecular flexibility index (Phi) is 5.57. The van der Waals surface area contributed by atoms with Gasteiger partial charge in [0.05, 0.1) is 24.4 Å². The number of carbonyl (C=O) groups excluding carboxylic acids is 2. The zero-order valence-corrected chi connectivity index (χ0v) is 14.4. The molecular weight excluding hydrogens is 340 g/mol. The number of benzene rings is 1. The molecule has 8 heteroatoms. The number of esters is 1. The normalized spacial score (nSPS) is 10.3. The third-order valence-electron chi connectivity index (χ3n) is 2.89. The number of carbonyl (C=O) groups is 2. The van der Waals surface area contributed by atoms with Gasteiger partial charge in [0.1, 0.15) is 10.6 Å². The molecule has 0 unspecified atom stereocenters. The molecule has 1 heterocycles. The second-order valence-electron chi connectivity index (χ2n) is 4.46. The van der Waals surface area contributed by atoms with Crippen LogP contribution in [0.4, 0.5) is 5.13 Å². The van der Waals surface area contributed by atoms with Crippen molar-refractivity contribution >= 4 is 39.9 Å². The highest BCUT2D eigenvalue weighted by atomic mass is 35.5. The van der Waals surface area contributed by atoms with Gasteiger partial charge in [-0.25, -0.2) is 9.78 Å². The Morgan fingerprint density at radius 2 is 2.13 bits per heavy atom. The number of nitrogens with zero attached hydrogens (tertiary/aromatic N) is 1. The Morgan fingerprint density at radius 1 is 1.39 bits per heavy atom. The lowest BCUT2D eigenvalue weighted by Gasteiger charge is -2.05. The molecule has 0 bridgehead atoms. The standard InChI is InChI=1S/C15H15ClN2O4S/c1-4-22-14(20)12-8(2)17-15(23-12)18-13(19)9-5-6-11(21-3)10(16)7-9/h5-7H,4H2,1-3H3,(H,17,18,19). The largest absolute Gasteiger partial charge is 0.495 e. The van der Waals surface area contributed by atoms with Crippen LogP contribution >= 0.6 is 22.9 Å². The Hall–Kier alpha value is -2.12. The van der Waals surface area contributed by atoms with Gasteiger partial charge in [0.2, 0.25) is 0 Å². The summed E-state index contributed by atoms with van der Waals surface area (Å²) in [5.74, 6) is -0.341.